The fraction of sp³-hybridized carbons (Fsp3) is 0.600. The molecule has 0 amide bonds. The van der Waals surface area contributed by atoms with E-state index < -0.39 is 0 Å². The highest BCUT2D eigenvalue weighted by Crippen LogP contribution is 2.07. The fourth-order valence-corrected chi connectivity index (χ4v) is 0.697. The summed E-state index contributed by atoms with van der Waals surface area (Å²) in [6.07, 6.45) is 1.43. The summed E-state index contributed by atoms with van der Waals surface area (Å²) in [7, 11) is 0. The highest BCUT2D eigenvalue weighted by molar-refractivity contribution is 6.12. The van der Waals surface area contributed by atoms with E-state index >= 15 is 0 Å². The van der Waals surface area contributed by atoms with E-state index in [0.717, 1.165) is 0 Å². The van der Waals surface area contributed by atoms with Gasteiger partial charge in [-0.1, -0.05) is 0 Å². The molecule has 0 saturated carbocycles. The van der Waals surface area contributed by atoms with Gasteiger partial charge in [0.15, 0.2) is 5.78 Å². The summed E-state index contributed by atoms with van der Waals surface area (Å²) < 4.78 is 0. The van der Waals surface area contributed by atoms with Crippen LogP contribution in [0.25, 0.3) is 0 Å². The smallest absolute Gasteiger partial charge is 0.164 e. The first-order valence-corrected chi connectivity index (χ1v) is 4.20. The molecule has 0 aromatic heterocycles. The molecule has 0 heterocycles. The van der Waals surface area contributed by atoms with Crippen LogP contribution in [0.3, 0.4) is 0 Å². The van der Waals surface area contributed by atoms with E-state index in [2.05, 4.69) is 4.99 Å². The summed E-state index contributed by atoms with van der Waals surface area (Å²) in [6, 6.07) is 0. The molecule has 3 heteroatoms. The zero-order valence-corrected chi connectivity index (χ0v) is 8.88. The number of hydrogen-bond acceptors (Lipinski definition) is 3. The number of Topliss-reactive ketones (excluding diaryl/α,β-unsaturated/α-hetero) is 1. The highest BCUT2D eigenvalue weighted by Gasteiger charge is 2.09. The Morgan fingerprint density at radius 1 is 1.31 bits per heavy atom. The summed E-state index contributed by atoms with van der Waals surface area (Å²) in [6.45, 7) is 8.66. The minimum atomic E-state index is -0.226. The number of aliphatic hydroxyl groups is 1. The first kappa shape index (κ1) is 11.9. The molecule has 0 spiro atoms. The lowest BCUT2D eigenvalue weighted by molar-refractivity contribution is -0.113. The molecule has 0 aromatic carbocycles. The van der Waals surface area contributed by atoms with Crippen LogP contribution < -0.4 is 0 Å². The Hall–Kier alpha value is -1.12. The molecule has 0 fully saturated rings. The fourth-order valence-electron chi connectivity index (χ4n) is 0.697. The first-order valence-electron chi connectivity index (χ1n) is 4.20. The number of hydrogen-bond donors (Lipinski definition) is 1. The van der Waals surface area contributed by atoms with Crippen LogP contribution >= 0.6 is 0 Å². The molecule has 0 bridgehead atoms. The maximum atomic E-state index is 11.0. The molecule has 0 radical (unpaired) electrons. The maximum absolute atomic E-state index is 11.0. The topological polar surface area (TPSA) is 49.7 Å². The van der Waals surface area contributed by atoms with Crippen molar-refractivity contribution in [2.45, 2.75) is 40.2 Å². The van der Waals surface area contributed by atoms with Crippen LogP contribution in [0.1, 0.15) is 34.6 Å². The van der Waals surface area contributed by atoms with E-state index in [9.17, 15) is 4.79 Å². The van der Waals surface area contributed by atoms with Crippen molar-refractivity contribution in [2.24, 2.45) is 4.99 Å². The second kappa shape index (κ2) is 4.21. The summed E-state index contributed by atoms with van der Waals surface area (Å²) >= 11 is 0. The molecule has 0 aliphatic rings. The molecular weight excluding hydrogens is 166 g/mol. The third-order valence-electron chi connectivity index (χ3n) is 1.35. The van der Waals surface area contributed by atoms with Crippen molar-refractivity contribution in [1.82, 2.24) is 0 Å². The number of aliphatic imine (C=N–C) groups is 1. The number of carbonyl (C=O) groups excluding carboxylic acids is 1. The first-order chi connectivity index (χ1) is 5.74. The van der Waals surface area contributed by atoms with Gasteiger partial charge in [-0.15, -0.1) is 0 Å². The van der Waals surface area contributed by atoms with Gasteiger partial charge in [0.25, 0.3) is 0 Å². The minimum absolute atomic E-state index is 0.0144. The van der Waals surface area contributed by atoms with Gasteiger partial charge >= 0.3 is 0 Å². The normalized spacial score (nSPS) is 14.5. The van der Waals surface area contributed by atoms with Crippen molar-refractivity contribution in [2.75, 3.05) is 0 Å². The lowest BCUT2D eigenvalue weighted by atomic mass is 10.1. The third kappa shape index (κ3) is 5.17. The van der Waals surface area contributed by atoms with Crippen molar-refractivity contribution in [3.8, 4) is 0 Å². The molecule has 0 aliphatic carbocycles. The molecular formula is C10H17NO2. The van der Waals surface area contributed by atoms with Gasteiger partial charge in [-0.25, -0.2) is 0 Å². The number of carbonyl (C=O) groups is 1. The van der Waals surface area contributed by atoms with Crippen molar-refractivity contribution in [1.29, 1.82) is 0 Å². The van der Waals surface area contributed by atoms with Crippen LogP contribution in [-0.2, 0) is 4.79 Å². The number of ketones is 1. The number of allylic oxidation sites excluding steroid dienone is 2. The lowest BCUT2D eigenvalue weighted by Gasteiger charge is -2.11. The standard InChI is InChI=1S/C10H17NO2/c1-7(12)9(8(2)13)6-11-10(3,4)5/h6,12H,1-5H3/b9-7-,11-6?. The second-order valence-corrected chi connectivity index (χ2v) is 3.98. The molecule has 13 heavy (non-hydrogen) atoms. The largest absolute Gasteiger partial charge is 0.512 e. The average molecular weight is 183 g/mol. The SMILES string of the molecule is CC(=O)/C(C=NC(C)(C)C)=C(/C)O. The molecule has 0 unspecified atom stereocenters. The molecule has 0 rings (SSSR count). The van der Waals surface area contributed by atoms with Crippen LogP contribution in [-0.4, -0.2) is 22.6 Å². The monoisotopic (exact) mass is 183 g/mol. The molecule has 74 valence electrons. The molecule has 3 nitrogen and oxygen atoms in total. The third-order valence-corrected chi connectivity index (χ3v) is 1.35. The summed E-state index contributed by atoms with van der Waals surface area (Å²) in [5.74, 6) is -0.159. The van der Waals surface area contributed by atoms with Crippen molar-refractivity contribution in [3.63, 3.8) is 0 Å². The predicted molar refractivity (Wildman–Crippen MR) is 54.3 cm³/mol. The van der Waals surface area contributed by atoms with Gasteiger partial charge < -0.3 is 5.11 Å². The van der Waals surface area contributed by atoms with Gasteiger partial charge in [-0.3, -0.25) is 9.79 Å². The lowest BCUT2D eigenvalue weighted by Crippen LogP contribution is -2.12. The molecule has 0 saturated heterocycles. The summed E-state index contributed by atoms with van der Waals surface area (Å²) in [4.78, 5) is 15.1. The van der Waals surface area contributed by atoms with E-state index in [4.69, 9.17) is 5.11 Å². The van der Waals surface area contributed by atoms with E-state index in [0.29, 0.717) is 0 Å². The number of rotatable bonds is 2. The predicted octanol–water partition coefficient (Wildman–Crippen LogP) is 2.28. The maximum Gasteiger partial charge on any atom is 0.164 e. The molecule has 1 N–H and O–H groups in total. The van der Waals surface area contributed by atoms with Crippen LogP contribution in [0, 0.1) is 0 Å². The Bertz CT molecular complexity index is 253. The Morgan fingerprint density at radius 3 is 2.00 bits per heavy atom. The van der Waals surface area contributed by atoms with Crippen LogP contribution in [0.2, 0.25) is 0 Å². The minimum Gasteiger partial charge on any atom is -0.512 e. The van der Waals surface area contributed by atoms with Crippen LogP contribution in [0.5, 0.6) is 0 Å². The average Bonchev–Trinajstić information content (AvgIpc) is 1.82. The van der Waals surface area contributed by atoms with Crippen LogP contribution in [0.15, 0.2) is 16.3 Å². The molecule has 0 atom stereocenters. The highest BCUT2D eigenvalue weighted by atomic mass is 16.3. The van der Waals surface area contributed by atoms with Crippen LogP contribution in [0.4, 0.5) is 0 Å². The number of aliphatic hydroxyl groups excluding tert-OH is 1. The summed E-state index contributed by atoms with van der Waals surface area (Å²) in [5, 5.41) is 9.15. The Balaban J connectivity index is 4.77. The van der Waals surface area contributed by atoms with Gasteiger partial charge in [0.2, 0.25) is 0 Å². The van der Waals surface area contributed by atoms with Crippen molar-refractivity contribution >= 4 is 12.0 Å². The van der Waals surface area contributed by atoms with E-state index in [1.54, 1.807) is 0 Å². The van der Waals surface area contributed by atoms with Gasteiger partial charge in [-0.05, 0) is 34.6 Å². The zero-order chi connectivity index (χ0) is 10.6. The van der Waals surface area contributed by atoms with Gasteiger partial charge in [0.05, 0.1) is 11.1 Å². The quantitative estimate of drug-likeness (QED) is 0.405. The van der Waals surface area contributed by atoms with Gasteiger partial charge in [0, 0.05) is 6.21 Å². The van der Waals surface area contributed by atoms with E-state index in [1.165, 1.54) is 20.1 Å². The molecule has 0 aliphatic heterocycles. The van der Waals surface area contributed by atoms with Gasteiger partial charge in [0.1, 0.15) is 5.76 Å². The van der Waals surface area contributed by atoms with E-state index in [-0.39, 0.29) is 22.7 Å². The van der Waals surface area contributed by atoms with Gasteiger partial charge in [-0.2, -0.15) is 0 Å². The number of nitrogens with zero attached hydrogens (tertiary/aromatic N) is 1. The van der Waals surface area contributed by atoms with E-state index in [1.807, 2.05) is 20.8 Å². The molecule has 0 aromatic rings. The van der Waals surface area contributed by atoms with Crippen molar-refractivity contribution in [3.05, 3.63) is 11.3 Å². The Morgan fingerprint density at radius 2 is 1.77 bits per heavy atom. The summed E-state index contributed by atoms with van der Waals surface area (Å²) in [5.41, 5.74) is 0.0470. The zero-order valence-electron chi connectivity index (χ0n) is 8.88. The Labute approximate surface area is 79.2 Å². The second-order valence-electron chi connectivity index (χ2n) is 3.98. The van der Waals surface area contributed by atoms with Crippen molar-refractivity contribution < 1.29 is 9.90 Å². The Kier molecular flexibility index (Phi) is 3.85.